The molecular weight excluding hydrogens is 466 g/mol. The number of ether oxygens (including phenoxy) is 1. The minimum absolute atomic E-state index is 0.202. The van der Waals surface area contributed by atoms with E-state index >= 15 is 0 Å². The molecule has 3 atom stereocenters. The molecule has 3 aromatic carbocycles. The number of carbonyl (C=O) groups is 4. The highest BCUT2D eigenvalue weighted by atomic mass is 35.5. The van der Waals surface area contributed by atoms with Crippen LogP contribution in [0.25, 0.3) is 0 Å². The number of benzene rings is 3. The highest BCUT2D eigenvalue weighted by Crippen LogP contribution is 2.58. The maximum Gasteiger partial charge on any atom is 0.241 e. The van der Waals surface area contributed by atoms with Gasteiger partial charge in [0.15, 0.2) is 0 Å². The van der Waals surface area contributed by atoms with E-state index in [4.69, 9.17) is 16.3 Å². The van der Waals surface area contributed by atoms with Crippen molar-refractivity contribution in [1.29, 1.82) is 0 Å². The third-order valence-electron chi connectivity index (χ3n) is 7.47. The molecular formula is C28H20ClNO5. The fraction of sp³-hybridized carbons (Fsp3) is 0.214. The summed E-state index contributed by atoms with van der Waals surface area (Å²) >= 11 is 6.35. The van der Waals surface area contributed by atoms with Crippen LogP contribution in [0, 0.1) is 25.7 Å². The molecule has 2 heterocycles. The molecule has 1 spiro atoms. The maximum absolute atomic E-state index is 13.9. The number of aryl methyl sites for hydroxylation is 2. The first kappa shape index (κ1) is 21.9. The maximum atomic E-state index is 13.9. The topological polar surface area (TPSA) is 80.8 Å². The molecule has 6 nitrogen and oxygen atoms in total. The normalized spacial score (nSPS) is 24.4. The first-order chi connectivity index (χ1) is 16.8. The standard InChI is InChI=1S/C28H20ClNO5/c1-14-11-12-16(13-15(14)2)23-21-22(27(34)30(26(21)33)20-10-6-5-9-19(20)29)28(35-23)24(31)17-7-3-4-8-18(17)25(28)32/h3-13,21-23H,1-2H3/t21-,22+,23+/m1/s1. The number of para-hydroxylation sites is 1. The summed E-state index contributed by atoms with van der Waals surface area (Å²) in [5.41, 5.74) is 1.18. The Hall–Kier alpha value is -3.61. The Kier molecular flexibility index (Phi) is 4.66. The van der Waals surface area contributed by atoms with Crippen LogP contribution in [0.1, 0.15) is 43.5 Å². The number of anilines is 1. The van der Waals surface area contributed by atoms with Gasteiger partial charge in [0.1, 0.15) is 0 Å². The van der Waals surface area contributed by atoms with Crippen LogP contribution >= 0.6 is 11.6 Å². The Bertz CT molecular complexity index is 1440. The van der Waals surface area contributed by atoms with Crippen LogP contribution in [0.4, 0.5) is 5.69 Å². The van der Waals surface area contributed by atoms with Crippen LogP contribution in [0.2, 0.25) is 5.02 Å². The fourth-order valence-electron chi connectivity index (χ4n) is 5.63. The monoisotopic (exact) mass is 485 g/mol. The molecule has 6 rings (SSSR count). The van der Waals surface area contributed by atoms with Gasteiger partial charge in [-0.3, -0.25) is 19.2 Å². The van der Waals surface area contributed by atoms with E-state index in [0.717, 1.165) is 16.0 Å². The van der Waals surface area contributed by atoms with E-state index in [-0.39, 0.29) is 21.8 Å². The first-order valence-electron chi connectivity index (χ1n) is 11.3. The third-order valence-corrected chi connectivity index (χ3v) is 7.79. The van der Waals surface area contributed by atoms with Crippen molar-refractivity contribution in [2.45, 2.75) is 25.6 Å². The lowest BCUT2D eigenvalue weighted by atomic mass is 9.77. The number of hydrogen-bond acceptors (Lipinski definition) is 5. The van der Waals surface area contributed by atoms with E-state index in [1.54, 1.807) is 48.5 Å². The van der Waals surface area contributed by atoms with Gasteiger partial charge in [-0.1, -0.05) is 66.2 Å². The van der Waals surface area contributed by atoms with Gasteiger partial charge < -0.3 is 4.74 Å². The predicted molar refractivity (Wildman–Crippen MR) is 129 cm³/mol. The zero-order chi connectivity index (χ0) is 24.6. The highest BCUT2D eigenvalue weighted by molar-refractivity contribution is 6.39. The molecule has 2 aliphatic heterocycles. The molecule has 0 aromatic heterocycles. The third kappa shape index (κ3) is 2.75. The summed E-state index contributed by atoms with van der Waals surface area (Å²) in [5.74, 6) is -4.71. The Morgan fingerprint density at radius 3 is 2.06 bits per heavy atom. The summed E-state index contributed by atoms with van der Waals surface area (Å²) < 4.78 is 6.32. The van der Waals surface area contributed by atoms with Gasteiger partial charge >= 0.3 is 0 Å². The number of nitrogens with zero attached hydrogens (tertiary/aromatic N) is 1. The van der Waals surface area contributed by atoms with Crippen LogP contribution in [-0.4, -0.2) is 29.0 Å². The Morgan fingerprint density at radius 1 is 0.800 bits per heavy atom. The average molecular weight is 486 g/mol. The van der Waals surface area contributed by atoms with E-state index in [0.29, 0.717) is 5.56 Å². The number of amides is 2. The number of rotatable bonds is 2. The SMILES string of the molecule is Cc1ccc([C@@H]2OC3(C(=O)c4ccccc4C3=O)[C@@H]3C(=O)N(c4ccccc4Cl)C(=O)[C@H]32)cc1C. The van der Waals surface area contributed by atoms with Crippen molar-refractivity contribution in [1.82, 2.24) is 0 Å². The zero-order valence-corrected chi connectivity index (χ0v) is 19.7. The quantitative estimate of drug-likeness (QED) is 0.390. The summed E-state index contributed by atoms with van der Waals surface area (Å²) in [6.07, 6.45) is -0.953. The van der Waals surface area contributed by atoms with Crippen molar-refractivity contribution in [3.8, 4) is 0 Å². The van der Waals surface area contributed by atoms with Crippen molar-refractivity contribution in [2.24, 2.45) is 11.8 Å². The van der Waals surface area contributed by atoms with Gasteiger partial charge in [0.2, 0.25) is 29.0 Å². The smallest absolute Gasteiger partial charge is 0.241 e. The highest BCUT2D eigenvalue weighted by Gasteiger charge is 2.74. The molecule has 3 aliphatic rings. The molecule has 2 amide bonds. The molecule has 35 heavy (non-hydrogen) atoms. The predicted octanol–water partition coefficient (Wildman–Crippen LogP) is 4.65. The Balaban J connectivity index is 1.57. The molecule has 7 heteroatoms. The minimum atomic E-state index is -2.10. The summed E-state index contributed by atoms with van der Waals surface area (Å²) in [5, 5.41) is 0.222. The second kappa shape index (κ2) is 7.44. The van der Waals surface area contributed by atoms with Gasteiger partial charge in [0.05, 0.1) is 28.6 Å². The van der Waals surface area contributed by atoms with Gasteiger partial charge in [0.25, 0.3) is 0 Å². The van der Waals surface area contributed by atoms with Crippen LogP contribution in [0.15, 0.2) is 66.7 Å². The summed E-state index contributed by atoms with van der Waals surface area (Å²) in [6.45, 7) is 3.89. The number of fused-ring (bicyclic) bond motifs is 3. The van der Waals surface area contributed by atoms with E-state index in [1.165, 1.54) is 0 Å². The number of Topliss-reactive ketones (excluding diaryl/α,β-unsaturated/α-hetero) is 2. The second-order valence-electron chi connectivity index (χ2n) is 9.29. The number of carbonyl (C=O) groups excluding carboxylic acids is 4. The first-order valence-corrected chi connectivity index (χ1v) is 11.7. The lowest BCUT2D eigenvalue weighted by molar-refractivity contribution is -0.127. The van der Waals surface area contributed by atoms with Crippen LogP contribution < -0.4 is 4.90 Å². The molecule has 2 saturated heterocycles. The van der Waals surface area contributed by atoms with E-state index in [9.17, 15) is 19.2 Å². The van der Waals surface area contributed by atoms with Crippen LogP contribution in [0.5, 0.6) is 0 Å². The van der Waals surface area contributed by atoms with Crippen molar-refractivity contribution in [3.63, 3.8) is 0 Å². The van der Waals surface area contributed by atoms with Gasteiger partial charge in [0, 0.05) is 11.1 Å². The van der Waals surface area contributed by atoms with Crippen LogP contribution in [0.3, 0.4) is 0 Å². The molecule has 0 N–H and O–H groups in total. The lowest BCUT2D eigenvalue weighted by Gasteiger charge is -2.27. The van der Waals surface area contributed by atoms with Crippen LogP contribution in [-0.2, 0) is 14.3 Å². The van der Waals surface area contributed by atoms with E-state index < -0.39 is 46.9 Å². The Morgan fingerprint density at radius 2 is 1.43 bits per heavy atom. The molecule has 3 aromatic rings. The molecule has 0 saturated carbocycles. The number of halogens is 1. The van der Waals surface area contributed by atoms with Crippen molar-refractivity contribution in [2.75, 3.05) is 4.90 Å². The van der Waals surface area contributed by atoms with Crippen molar-refractivity contribution in [3.05, 3.63) is 99.6 Å². The lowest BCUT2D eigenvalue weighted by Crippen LogP contribution is -2.51. The molecule has 174 valence electrons. The largest absolute Gasteiger partial charge is 0.349 e. The minimum Gasteiger partial charge on any atom is -0.349 e. The van der Waals surface area contributed by atoms with E-state index in [2.05, 4.69) is 0 Å². The molecule has 0 unspecified atom stereocenters. The summed E-state index contributed by atoms with van der Waals surface area (Å²) in [4.78, 5) is 56.3. The van der Waals surface area contributed by atoms with Crippen molar-refractivity contribution < 1.29 is 23.9 Å². The number of imide groups is 1. The molecule has 2 fully saturated rings. The summed E-state index contributed by atoms with van der Waals surface area (Å²) in [6, 6.07) is 18.5. The second-order valence-corrected chi connectivity index (χ2v) is 9.70. The Labute approximate surface area is 206 Å². The molecule has 1 aliphatic carbocycles. The molecule has 0 bridgehead atoms. The van der Waals surface area contributed by atoms with Gasteiger partial charge in [-0.2, -0.15) is 0 Å². The van der Waals surface area contributed by atoms with Gasteiger partial charge in [-0.05, 0) is 42.7 Å². The number of hydrogen-bond donors (Lipinski definition) is 0. The molecule has 0 radical (unpaired) electrons. The van der Waals surface area contributed by atoms with E-state index in [1.807, 2.05) is 32.0 Å². The fourth-order valence-corrected chi connectivity index (χ4v) is 5.85. The van der Waals surface area contributed by atoms with Crippen molar-refractivity contribution >= 4 is 40.7 Å². The average Bonchev–Trinajstić information content (AvgIpc) is 3.41. The zero-order valence-electron chi connectivity index (χ0n) is 18.9. The number of ketones is 2. The summed E-state index contributed by atoms with van der Waals surface area (Å²) in [7, 11) is 0. The van der Waals surface area contributed by atoms with Gasteiger partial charge in [-0.25, -0.2) is 4.90 Å². The van der Waals surface area contributed by atoms with Gasteiger partial charge in [-0.15, -0.1) is 0 Å².